The fourth-order valence-corrected chi connectivity index (χ4v) is 1.37. The number of rotatable bonds is 3. The third kappa shape index (κ3) is 2.23. The highest BCUT2D eigenvalue weighted by molar-refractivity contribution is 5.77. The maximum absolute atomic E-state index is 11.1. The van der Waals surface area contributed by atoms with E-state index in [-0.39, 0.29) is 12.3 Å². The van der Waals surface area contributed by atoms with Gasteiger partial charge in [0, 0.05) is 13.6 Å². The molecule has 0 unspecified atom stereocenters. The Morgan fingerprint density at radius 3 is 2.75 bits per heavy atom. The maximum atomic E-state index is 11.1. The minimum absolute atomic E-state index is 0.0171. The number of hydrogen-bond donors (Lipinski definition) is 0. The highest BCUT2D eigenvalue weighted by atomic mass is 16.2. The average molecular weight is 166 g/mol. The van der Waals surface area contributed by atoms with Gasteiger partial charge in [-0.25, -0.2) is 0 Å². The van der Waals surface area contributed by atoms with Gasteiger partial charge >= 0.3 is 0 Å². The number of carbonyl (C=O) groups is 1. The van der Waals surface area contributed by atoms with Crippen LogP contribution in [0.3, 0.4) is 0 Å². The molecule has 3 nitrogen and oxygen atoms in total. The molecule has 0 aromatic rings. The van der Waals surface area contributed by atoms with Gasteiger partial charge in [-0.05, 0) is 18.8 Å². The lowest BCUT2D eigenvalue weighted by Gasteiger charge is -2.29. The second-order valence-electron chi connectivity index (χ2n) is 3.41. The molecule has 3 heteroatoms. The lowest BCUT2D eigenvalue weighted by molar-refractivity contribution is -0.129. The molecule has 0 aromatic carbocycles. The van der Waals surface area contributed by atoms with Crippen LogP contribution in [-0.4, -0.2) is 24.4 Å². The van der Waals surface area contributed by atoms with Gasteiger partial charge in [-0.2, -0.15) is 5.26 Å². The van der Waals surface area contributed by atoms with E-state index in [0.29, 0.717) is 5.92 Å². The molecule has 0 atom stereocenters. The molecular formula is C9H14N2O. The first-order chi connectivity index (χ1) is 5.74. The fraction of sp³-hybridized carbons (Fsp3) is 0.778. The van der Waals surface area contributed by atoms with Crippen LogP contribution in [0.4, 0.5) is 0 Å². The molecule has 0 aliphatic heterocycles. The van der Waals surface area contributed by atoms with Gasteiger partial charge in [-0.15, -0.1) is 0 Å². The van der Waals surface area contributed by atoms with Crippen LogP contribution < -0.4 is 0 Å². The Balaban J connectivity index is 2.22. The van der Waals surface area contributed by atoms with Crippen molar-refractivity contribution >= 4 is 5.91 Å². The predicted octanol–water partition coefficient (Wildman–Crippen LogP) is 1.16. The summed E-state index contributed by atoms with van der Waals surface area (Å²) in [5, 5.41) is 8.29. The van der Waals surface area contributed by atoms with Crippen molar-refractivity contribution in [2.75, 3.05) is 13.6 Å². The summed E-state index contributed by atoms with van der Waals surface area (Å²) in [5.74, 6) is 0.641. The van der Waals surface area contributed by atoms with Crippen molar-refractivity contribution in [3.8, 4) is 6.07 Å². The second-order valence-corrected chi connectivity index (χ2v) is 3.41. The lowest BCUT2D eigenvalue weighted by atomic mass is 9.85. The van der Waals surface area contributed by atoms with Crippen molar-refractivity contribution in [1.29, 1.82) is 5.26 Å². The molecule has 12 heavy (non-hydrogen) atoms. The fourth-order valence-electron chi connectivity index (χ4n) is 1.37. The Labute approximate surface area is 73.0 Å². The molecule has 1 amide bonds. The Bertz CT molecular complexity index is 203. The van der Waals surface area contributed by atoms with E-state index in [1.54, 1.807) is 11.9 Å². The Kier molecular flexibility index (Phi) is 3.09. The monoisotopic (exact) mass is 166 g/mol. The standard InChI is InChI=1S/C9H14N2O/c1-11(9(12)5-6-10)7-8-3-2-4-8/h8H,2-5,7H2,1H3. The van der Waals surface area contributed by atoms with Gasteiger partial charge in [0.25, 0.3) is 0 Å². The van der Waals surface area contributed by atoms with Crippen molar-refractivity contribution in [3.05, 3.63) is 0 Å². The third-order valence-electron chi connectivity index (χ3n) is 2.41. The van der Waals surface area contributed by atoms with Crippen LogP contribution in [-0.2, 0) is 4.79 Å². The van der Waals surface area contributed by atoms with E-state index in [9.17, 15) is 4.79 Å². The lowest BCUT2D eigenvalue weighted by Crippen LogP contribution is -2.33. The molecule has 66 valence electrons. The van der Waals surface area contributed by atoms with Crippen LogP contribution in [0.2, 0.25) is 0 Å². The third-order valence-corrected chi connectivity index (χ3v) is 2.41. The maximum Gasteiger partial charge on any atom is 0.236 e. The molecule has 0 N–H and O–H groups in total. The van der Waals surface area contributed by atoms with Gasteiger partial charge < -0.3 is 4.90 Å². The van der Waals surface area contributed by atoms with Gasteiger partial charge in [-0.1, -0.05) is 6.42 Å². The summed E-state index contributed by atoms with van der Waals surface area (Å²) in [4.78, 5) is 12.8. The molecule has 0 radical (unpaired) electrons. The van der Waals surface area contributed by atoms with E-state index in [2.05, 4.69) is 0 Å². The van der Waals surface area contributed by atoms with Crippen molar-refractivity contribution in [2.24, 2.45) is 5.92 Å². The van der Waals surface area contributed by atoms with Gasteiger partial charge in [0.05, 0.1) is 6.07 Å². The van der Waals surface area contributed by atoms with Crippen LogP contribution in [0.1, 0.15) is 25.7 Å². The molecule has 1 fully saturated rings. The molecular weight excluding hydrogens is 152 g/mol. The molecule has 1 aliphatic rings. The number of hydrogen-bond acceptors (Lipinski definition) is 2. The first-order valence-electron chi connectivity index (χ1n) is 4.35. The van der Waals surface area contributed by atoms with Crippen LogP contribution >= 0.6 is 0 Å². The van der Waals surface area contributed by atoms with E-state index in [1.165, 1.54) is 19.3 Å². The van der Waals surface area contributed by atoms with Crippen molar-refractivity contribution in [2.45, 2.75) is 25.7 Å². The topological polar surface area (TPSA) is 44.1 Å². The molecule has 0 spiro atoms. The summed E-state index contributed by atoms with van der Waals surface area (Å²) in [7, 11) is 1.78. The summed E-state index contributed by atoms with van der Waals surface area (Å²) in [6.07, 6.45) is 3.79. The smallest absolute Gasteiger partial charge is 0.236 e. The van der Waals surface area contributed by atoms with E-state index in [1.807, 2.05) is 6.07 Å². The molecule has 1 saturated carbocycles. The van der Waals surface area contributed by atoms with E-state index in [0.717, 1.165) is 6.54 Å². The summed E-state index contributed by atoms with van der Waals surface area (Å²) in [6, 6.07) is 1.87. The largest absolute Gasteiger partial charge is 0.345 e. The number of nitriles is 1. The van der Waals surface area contributed by atoms with Crippen LogP contribution in [0, 0.1) is 17.2 Å². The van der Waals surface area contributed by atoms with Crippen molar-refractivity contribution in [3.63, 3.8) is 0 Å². The number of carbonyl (C=O) groups excluding carboxylic acids is 1. The van der Waals surface area contributed by atoms with Gasteiger partial charge in [0.15, 0.2) is 0 Å². The molecule has 0 heterocycles. The minimum Gasteiger partial charge on any atom is -0.345 e. The highest BCUT2D eigenvalue weighted by Gasteiger charge is 2.20. The van der Waals surface area contributed by atoms with Gasteiger partial charge in [0.1, 0.15) is 6.42 Å². The van der Waals surface area contributed by atoms with Gasteiger partial charge in [0.2, 0.25) is 5.91 Å². The molecule has 0 bridgehead atoms. The van der Waals surface area contributed by atoms with Crippen LogP contribution in [0.5, 0.6) is 0 Å². The van der Waals surface area contributed by atoms with E-state index in [4.69, 9.17) is 5.26 Å². The average Bonchev–Trinajstić information content (AvgIpc) is 1.97. The van der Waals surface area contributed by atoms with Gasteiger partial charge in [-0.3, -0.25) is 4.79 Å². The number of nitrogens with zero attached hydrogens (tertiary/aromatic N) is 2. The van der Waals surface area contributed by atoms with Crippen molar-refractivity contribution < 1.29 is 4.79 Å². The highest BCUT2D eigenvalue weighted by Crippen LogP contribution is 2.26. The zero-order valence-electron chi connectivity index (χ0n) is 7.42. The SMILES string of the molecule is CN(CC1CCC1)C(=O)CC#N. The zero-order valence-corrected chi connectivity index (χ0v) is 7.42. The van der Waals surface area contributed by atoms with Crippen molar-refractivity contribution in [1.82, 2.24) is 4.90 Å². The Hall–Kier alpha value is -1.04. The quantitative estimate of drug-likeness (QED) is 0.631. The Morgan fingerprint density at radius 1 is 1.67 bits per heavy atom. The molecule has 0 saturated heterocycles. The van der Waals surface area contributed by atoms with E-state index < -0.39 is 0 Å². The summed E-state index contributed by atoms with van der Waals surface area (Å²) < 4.78 is 0. The first kappa shape index (κ1) is 9.05. The van der Waals surface area contributed by atoms with Crippen LogP contribution in [0.15, 0.2) is 0 Å². The summed E-state index contributed by atoms with van der Waals surface area (Å²) >= 11 is 0. The van der Waals surface area contributed by atoms with Crippen LogP contribution in [0.25, 0.3) is 0 Å². The summed E-state index contributed by atoms with van der Waals surface area (Å²) in [6.45, 7) is 0.834. The molecule has 1 aliphatic carbocycles. The zero-order chi connectivity index (χ0) is 8.97. The summed E-state index contributed by atoms with van der Waals surface area (Å²) in [5.41, 5.74) is 0. The molecule has 0 aromatic heterocycles. The predicted molar refractivity (Wildman–Crippen MR) is 45.2 cm³/mol. The normalized spacial score (nSPS) is 16.3. The number of amides is 1. The first-order valence-corrected chi connectivity index (χ1v) is 4.35. The minimum atomic E-state index is -0.0515. The second kappa shape index (κ2) is 4.10. The van der Waals surface area contributed by atoms with E-state index >= 15 is 0 Å². The molecule has 1 rings (SSSR count). The Morgan fingerprint density at radius 2 is 2.33 bits per heavy atom.